The summed E-state index contributed by atoms with van der Waals surface area (Å²) in [4.78, 5) is 22.4. The first-order valence-corrected chi connectivity index (χ1v) is 18.5. The maximum atomic E-state index is 6.53. The smallest absolute Gasteiger partial charge is 0.503 e. The third kappa shape index (κ3) is 9.55. The zero-order valence-corrected chi connectivity index (χ0v) is 35.5. The van der Waals surface area contributed by atoms with Crippen LogP contribution in [0.1, 0.15) is 49.9 Å². The summed E-state index contributed by atoms with van der Waals surface area (Å²) in [5.41, 5.74) is 9.49. The fourth-order valence-corrected chi connectivity index (χ4v) is 6.86. The minimum absolute atomic E-state index is 0. The summed E-state index contributed by atoms with van der Waals surface area (Å²) in [7, 11) is 0. The molecule has 0 N–H and O–H groups in total. The summed E-state index contributed by atoms with van der Waals surface area (Å²) in [6, 6.07) is 38.4. The molecule has 57 heavy (non-hydrogen) atoms. The Balaban J connectivity index is 0.00000275. The van der Waals surface area contributed by atoms with E-state index >= 15 is 0 Å². The molecule has 0 saturated carbocycles. The van der Waals surface area contributed by atoms with E-state index in [1.165, 1.54) is 12.7 Å². The van der Waals surface area contributed by atoms with E-state index in [9.17, 15) is 0 Å². The standard InChI is InChI=1S/C47H40N6O2.2Pd/c1-29(2)15-33-19-35(43-17-31(5)11-13-49-43)23-39(21-33)54-37-7-9-41-42-10-8-38(26-46(42)53(45(41)25-37)47-51-27-48-28-52-47)55-40-22-34(16-30(3)4)20-36(24-40)44-18-32(6)12-14-50-44;;/h7-14,17-22,27-30H,15-16H2,1-6H3;;/q-4;2*+2. The minimum Gasteiger partial charge on any atom is -0.503 e. The summed E-state index contributed by atoms with van der Waals surface area (Å²) >= 11 is 0. The first kappa shape index (κ1) is 41.5. The second-order valence-electron chi connectivity index (χ2n) is 14.8. The molecule has 4 heterocycles. The second kappa shape index (κ2) is 18.0. The van der Waals surface area contributed by atoms with Gasteiger partial charge in [-0.15, -0.1) is 58.7 Å². The SMILES string of the molecule is Cc1ccnc(-c2[c-]c(Oc3[c-]c4c(cc3)c3ccc(Oc5[c-]c(-c6cc(C)ccn6)cc(CC(C)C)c5)[c-]c3n4-c3ncncn3)cc(CC(C)C)c2)c1.[Pd+2].[Pd+2]. The Kier molecular flexibility index (Phi) is 13.1. The first-order chi connectivity index (χ1) is 26.6. The zero-order chi connectivity index (χ0) is 38.1. The molecule has 0 atom stereocenters. The molecule has 8 rings (SSSR count). The zero-order valence-electron chi connectivity index (χ0n) is 32.4. The van der Waals surface area contributed by atoms with Crippen LogP contribution in [0, 0.1) is 49.9 Å². The van der Waals surface area contributed by atoms with Gasteiger partial charge in [-0.2, -0.15) is 22.9 Å². The van der Waals surface area contributed by atoms with Crippen molar-refractivity contribution in [2.75, 3.05) is 0 Å². The summed E-state index contributed by atoms with van der Waals surface area (Å²) in [5.74, 6) is 3.59. The number of nitrogens with zero attached hydrogens (tertiary/aromatic N) is 6. The second-order valence-corrected chi connectivity index (χ2v) is 14.8. The van der Waals surface area contributed by atoms with Gasteiger partial charge >= 0.3 is 40.8 Å². The van der Waals surface area contributed by atoms with Gasteiger partial charge in [0.2, 0.25) is 5.95 Å². The number of hydrogen-bond donors (Lipinski definition) is 0. The van der Waals surface area contributed by atoms with E-state index in [1.807, 2.05) is 65.5 Å². The molecule has 0 aliphatic rings. The molecule has 4 aromatic carbocycles. The topological polar surface area (TPSA) is 87.8 Å². The number of aromatic nitrogens is 6. The predicted molar refractivity (Wildman–Crippen MR) is 216 cm³/mol. The normalized spacial score (nSPS) is 11.2. The van der Waals surface area contributed by atoms with Crippen LogP contribution in [0.4, 0.5) is 0 Å². The number of hydrogen-bond acceptors (Lipinski definition) is 7. The van der Waals surface area contributed by atoms with Crippen LogP contribution in [-0.2, 0) is 53.7 Å². The molecular weight excluding hydrogens is 893 g/mol. The molecule has 0 spiro atoms. The van der Waals surface area contributed by atoms with Gasteiger partial charge in [0, 0.05) is 35.4 Å². The molecule has 290 valence electrons. The predicted octanol–water partition coefficient (Wildman–Crippen LogP) is 10.9. The van der Waals surface area contributed by atoms with E-state index in [4.69, 9.17) is 9.47 Å². The van der Waals surface area contributed by atoms with E-state index in [2.05, 4.69) is 115 Å². The summed E-state index contributed by atoms with van der Waals surface area (Å²) in [6.07, 6.45) is 8.39. The van der Waals surface area contributed by atoms with Gasteiger partial charge < -0.3 is 24.0 Å². The van der Waals surface area contributed by atoms with Crippen molar-refractivity contribution in [3.8, 4) is 51.5 Å². The molecule has 0 amide bonds. The quantitative estimate of drug-likeness (QED) is 0.0943. The van der Waals surface area contributed by atoms with Crippen molar-refractivity contribution in [3.63, 3.8) is 0 Å². The van der Waals surface area contributed by atoms with E-state index in [1.54, 1.807) is 0 Å². The molecule has 8 nitrogen and oxygen atoms in total. The molecule has 0 bridgehead atoms. The molecule has 8 aromatic rings. The van der Waals surface area contributed by atoms with Crippen molar-refractivity contribution in [2.45, 2.75) is 54.4 Å². The maximum Gasteiger partial charge on any atom is 2.00 e. The van der Waals surface area contributed by atoms with Gasteiger partial charge in [-0.1, -0.05) is 86.3 Å². The Bertz CT molecular complexity index is 2500. The van der Waals surface area contributed by atoms with Gasteiger partial charge in [0.1, 0.15) is 12.7 Å². The van der Waals surface area contributed by atoms with Crippen molar-refractivity contribution >= 4 is 21.8 Å². The Morgan fingerprint density at radius 1 is 0.544 bits per heavy atom. The number of pyridine rings is 2. The number of ether oxygens (including phenoxy) is 2. The molecule has 0 unspecified atom stereocenters. The van der Waals surface area contributed by atoms with Crippen molar-refractivity contribution < 1.29 is 50.3 Å². The molecule has 0 aliphatic carbocycles. The van der Waals surface area contributed by atoms with Crippen LogP contribution in [0.15, 0.2) is 97.8 Å². The average molecular weight is 934 g/mol. The van der Waals surface area contributed by atoms with E-state index in [0.717, 1.165) is 79.4 Å². The maximum absolute atomic E-state index is 6.53. The summed E-state index contributed by atoms with van der Waals surface area (Å²) in [5, 5.41) is 1.87. The minimum atomic E-state index is 0. The van der Waals surface area contributed by atoms with Gasteiger partial charge in [-0.25, -0.2) is 15.0 Å². The van der Waals surface area contributed by atoms with E-state index in [0.29, 0.717) is 40.8 Å². The van der Waals surface area contributed by atoms with Crippen molar-refractivity contribution in [1.82, 2.24) is 29.5 Å². The number of benzene rings is 4. The van der Waals surface area contributed by atoms with Crippen LogP contribution in [0.3, 0.4) is 0 Å². The molecule has 0 radical (unpaired) electrons. The third-order valence-electron chi connectivity index (χ3n) is 9.13. The van der Waals surface area contributed by atoms with Gasteiger partial charge in [0.15, 0.2) is 0 Å². The summed E-state index contributed by atoms with van der Waals surface area (Å²) in [6.45, 7) is 13.0. The van der Waals surface area contributed by atoms with Crippen LogP contribution in [0.5, 0.6) is 23.0 Å². The Morgan fingerprint density at radius 3 is 1.42 bits per heavy atom. The van der Waals surface area contributed by atoms with Gasteiger partial charge in [-0.05, 0) is 62.0 Å². The van der Waals surface area contributed by atoms with Crippen molar-refractivity contribution in [2.24, 2.45) is 11.8 Å². The van der Waals surface area contributed by atoms with Crippen LogP contribution in [0.25, 0.3) is 50.3 Å². The molecular formula is C47H40N6O2Pd2. The third-order valence-corrected chi connectivity index (χ3v) is 9.13. The molecule has 0 saturated heterocycles. The largest absolute Gasteiger partial charge is 2.00 e. The van der Waals surface area contributed by atoms with Crippen molar-refractivity contribution in [3.05, 3.63) is 144 Å². The average Bonchev–Trinajstić information content (AvgIpc) is 3.47. The Labute approximate surface area is 361 Å². The van der Waals surface area contributed by atoms with Crippen LogP contribution >= 0.6 is 0 Å². The monoisotopic (exact) mass is 932 g/mol. The molecule has 0 aliphatic heterocycles. The molecule has 0 fully saturated rings. The van der Waals surface area contributed by atoms with Crippen molar-refractivity contribution in [1.29, 1.82) is 0 Å². The Morgan fingerprint density at radius 2 is 1.00 bits per heavy atom. The fraction of sp³-hybridized carbons (Fsp3) is 0.213. The van der Waals surface area contributed by atoms with E-state index in [-0.39, 0.29) is 40.8 Å². The molecule has 10 heteroatoms. The van der Waals surface area contributed by atoms with E-state index < -0.39 is 0 Å². The van der Waals surface area contributed by atoms with Crippen LogP contribution in [0.2, 0.25) is 0 Å². The first-order valence-electron chi connectivity index (χ1n) is 18.5. The number of rotatable bonds is 11. The fourth-order valence-electron chi connectivity index (χ4n) is 6.86. The van der Waals surface area contributed by atoms with Crippen LogP contribution < -0.4 is 9.47 Å². The van der Waals surface area contributed by atoms with Crippen LogP contribution in [-0.4, -0.2) is 29.5 Å². The van der Waals surface area contributed by atoms with Gasteiger partial charge in [0.05, 0.1) is 0 Å². The summed E-state index contributed by atoms with van der Waals surface area (Å²) < 4.78 is 15.0. The molecule has 4 aromatic heterocycles. The number of fused-ring (bicyclic) bond motifs is 3. The Hall–Kier alpha value is -5.09. The van der Waals surface area contributed by atoms with Gasteiger partial charge in [0.25, 0.3) is 0 Å². The number of aryl methyl sites for hydroxylation is 2. The van der Waals surface area contributed by atoms with Gasteiger partial charge in [-0.3, -0.25) is 0 Å².